The lowest BCUT2D eigenvalue weighted by atomic mass is 10.1. The van der Waals surface area contributed by atoms with E-state index in [9.17, 15) is 4.39 Å². The highest BCUT2D eigenvalue weighted by Gasteiger charge is 2.11. The van der Waals surface area contributed by atoms with Crippen LogP contribution in [0, 0.1) is 11.7 Å². The Bertz CT molecular complexity index is 346. The van der Waals surface area contributed by atoms with Crippen molar-refractivity contribution in [1.82, 2.24) is 5.32 Å². The van der Waals surface area contributed by atoms with Crippen molar-refractivity contribution in [3.05, 3.63) is 34.6 Å². The summed E-state index contributed by atoms with van der Waals surface area (Å²) in [5, 5.41) is 4.40. The zero-order valence-electron chi connectivity index (χ0n) is 9.43. The first-order valence-corrected chi connectivity index (χ1v) is 6.78. The predicted octanol–water partition coefficient (Wildman–Crippen LogP) is 3.99. The Balaban J connectivity index is 2.58. The maximum absolute atomic E-state index is 13.6. The second-order valence-corrected chi connectivity index (χ2v) is 5.07. The third-order valence-electron chi connectivity index (χ3n) is 2.74. The van der Waals surface area contributed by atoms with Gasteiger partial charge in [-0.1, -0.05) is 46.6 Å². The first-order valence-electron chi connectivity index (χ1n) is 5.28. The van der Waals surface area contributed by atoms with E-state index in [2.05, 4.69) is 35.1 Å². The molecule has 1 aromatic carbocycles. The van der Waals surface area contributed by atoms with Crippen LogP contribution in [-0.2, 0) is 6.54 Å². The van der Waals surface area contributed by atoms with E-state index in [4.69, 9.17) is 11.6 Å². The van der Waals surface area contributed by atoms with Gasteiger partial charge in [0.1, 0.15) is 5.82 Å². The molecular formula is C12H16BrClFN. The minimum Gasteiger partial charge on any atom is -0.310 e. The Morgan fingerprint density at radius 3 is 2.75 bits per heavy atom. The van der Waals surface area contributed by atoms with Crippen LogP contribution in [0.1, 0.15) is 19.4 Å². The van der Waals surface area contributed by atoms with Gasteiger partial charge < -0.3 is 5.32 Å². The lowest BCUT2D eigenvalue weighted by Gasteiger charge is -2.19. The molecule has 2 unspecified atom stereocenters. The molecule has 0 aliphatic heterocycles. The van der Waals surface area contributed by atoms with Crippen LogP contribution in [0.3, 0.4) is 0 Å². The number of nitrogens with one attached hydrogen (secondary N) is 1. The van der Waals surface area contributed by atoms with E-state index >= 15 is 0 Å². The van der Waals surface area contributed by atoms with E-state index in [-0.39, 0.29) is 10.8 Å². The van der Waals surface area contributed by atoms with Crippen LogP contribution in [0.25, 0.3) is 0 Å². The first kappa shape index (κ1) is 13.9. The normalized spacial score (nSPS) is 14.8. The van der Waals surface area contributed by atoms with Gasteiger partial charge in [-0.25, -0.2) is 4.39 Å². The third-order valence-corrected chi connectivity index (χ3v) is 4.06. The lowest BCUT2D eigenvalue weighted by Crippen LogP contribution is -2.32. The van der Waals surface area contributed by atoms with Gasteiger partial charge in [0.15, 0.2) is 0 Å². The lowest BCUT2D eigenvalue weighted by molar-refractivity contribution is 0.428. The Morgan fingerprint density at radius 2 is 2.12 bits per heavy atom. The van der Waals surface area contributed by atoms with Crippen LogP contribution in [0.2, 0.25) is 5.02 Å². The fraction of sp³-hybridized carbons (Fsp3) is 0.500. The minimum atomic E-state index is -0.324. The van der Waals surface area contributed by atoms with Gasteiger partial charge in [-0.2, -0.15) is 0 Å². The largest absolute Gasteiger partial charge is 0.310 e. The fourth-order valence-electron chi connectivity index (χ4n) is 1.29. The van der Waals surface area contributed by atoms with Gasteiger partial charge in [-0.3, -0.25) is 0 Å². The zero-order valence-corrected chi connectivity index (χ0v) is 11.8. The summed E-state index contributed by atoms with van der Waals surface area (Å²) in [5.74, 6) is 0.178. The van der Waals surface area contributed by atoms with Crippen LogP contribution >= 0.6 is 27.5 Å². The number of benzene rings is 1. The van der Waals surface area contributed by atoms with Gasteiger partial charge in [0.05, 0.1) is 5.02 Å². The fourth-order valence-corrected chi connectivity index (χ4v) is 2.05. The van der Waals surface area contributed by atoms with Gasteiger partial charge in [0.25, 0.3) is 0 Å². The van der Waals surface area contributed by atoms with Crippen LogP contribution in [0.5, 0.6) is 0 Å². The van der Waals surface area contributed by atoms with Crippen molar-refractivity contribution in [3.63, 3.8) is 0 Å². The molecule has 0 spiro atoms. The molecule has 1 N–H and O–H groups in total. The molecular weight excluding hydrogens is 292 g/mol. The molecule has 90 valence electrons. The molecule has 0 aromatic heterocycles. The highest BCUT2D eigenvalue weighted by atomic mass is 79.9. The van der Waals surface area contributed by atoms with E-state index in [1.165, 1.54) is 0 Å². The van der Waals surface area contributed by atoms with Gasteiger partial charge in [-0.15, -0.1) is 0 Å². The minimum absolute atomic E-state index is 0.181. The van der Waals surface area contributed by atoms with Crippen LogP contribution in [0.4, 0.5) is 4.39 Å². The topological polar surface area (TPSA) is 12.0 Å². The number of rotatable bonds is 5. The standard InChI is InChI=1S/C12H16BrClFN/c1-8(6-13)9(2)16-7-10-4-3-5-11(14)12(10)15/h3-5,8-9,16H,6-7H2,1-2H3. The second-order valence-electron chi connectivity index (χ2n) is 4.01. The van der Waals surface area contributed by atoms with Crippen molar-refractivity contribution in [3.8, 4) is 0 Å². The van der Waals surface area contributed by atoms with Crippen molar-refractivity contribution >= 4 is 27.5 Å². The van der Waals surface area contributed by atoms with E-state index < -0.39 is 0 Å². The highest BCUT2D eigenvalue weighted by Crippen LogP contribution is 2.18. The molecule has 0 saturated carbocycles. The third kappa shape index (κ3) is 3.72. The molecule has 0 aliphatic carbocycles. The summed E-state index contributed by atoms with van der Waals surface area (Å²) in [4.78, 5) is 0. The average molecular weight is 309 g/mol. The Labute approximate surface area is 110 Å². The quantitative estimate of drug-likeness (QED) is 0.811. The molecule has 0 radical (unpaired) electrons. The van der Waals surface area contributed by atoms with E-state index in [0.29, 0.717) is 24.1 Å². The summed E-state index contributed by atoms with van der Waals surface area (Å²) in [5.41, 5.74) is 0.612. The van der Waals surface area contributed by atoms with E-state index in [1.807, 2.05) is 0 Å². The summed E-state index contributed by atoms with van der Waals surface area (Å²) in [7, 11) is 0. The molecule has 0 aliphatic rings. The summed E-state index contributed by atoms with van der Waals surface area (Å²) < 4.78 is 13.6. The molecule has 0 heterocycles. The Hall–Kier alpha value is -0.120. The van der Waals surface area contributed by atoms with Crippen LogP contribution in [0.15, 0.2) is 18.2 Å². The number of halogens is 3. The van der Waals surface area contributed by atoms with Gasteiger partial charge in [0.2, 0.25) is 0 Å². The molecule has 1 nitrogen and oxygen atoms in total. The molecule has 0 saturated heterocycles. The number of hydrogen-bond acceptors (Lipinski definition) is 1. The average Bonchev–Trinajstić information content (AvgIpc) is 2.29. The second kappa shape index (κ2) is 6.58. The van der Waals surface area contributed by atoms with Gasteiger partial charge >= 0.3 is 0 Å². The smallest absolute Gasteiger partial charge is 0.146 e. The first-order chi connectivity index (χ1) is 7.56. The molecule has 0 bridgehead atoms. The van der Waals surface area contributed by atoms with Crippen molar-refractivity contribution in [2.75, 3.05) is 5.33 Å². The summed E-state index contributed by atoms with van der Waals surface area (Å²) in [6.07, 6.45) is 0. The molecule has 1 rings (SSSR count). The molecule has 0 amide bonds. The van der Waals surface area contributed by atoms with Crippen molar-refractivity contribution in [2.24, 2.45) is 5.92 Å². The van der Waals surface area contributed by atoms with Crippen molar-refractivity contribution in [1.29, 1.82) is 0 Å². The van der Waals surface area contributed by atoms with Gasteiger partial charge in [-0.05, 0) is 18.9 Å². The van der Waals surface area contributed by atoms with Crippen molar-refractivity contribution in [2.45, 2.75) is 26.4 Å². The molecule has 1 aromatic rings. The maximum atomic E-state index is 13.6. The Kier molecular flexibility index (Phi) is 5.73. The molecule has 16 heavy (non-hydrogen) atoms. The van der Waals surface area contributed by atoms with Crippen LogP contribution in [-0.4, -0.2) is 11.4 Å². The number of alkyl halides is 1. The Morgan fingerprint density at radius 1 is 1.44 bits per heavy atom. The molecule has 0 fully saturated rings. The summed E-state index contributed by atoms with van der Waals surface area (Å²) >= 11 is 9.14. The predicted molar refractivity (Wildman–Crippen MR) is 70.7 cm³/mol. The SMILES string of the molecule is CC(CBr)C(C)NCc1cccc(Cl)c1F. The van der Waals surface area contributed by atoms with Gasteiger partial charge in [0, 0.05) is 23.5 Å². The summed E-state index contributed by atoms with van der Waals surface area (Å²) in [6, 6.07) is 5.41. The van der Waals surface area contributed by atoms with Crippen LogP contribution < -0.4 is 5.32 Å². The maximum Gasteiger partial charge on any atom is 0.146 e. The number of hydrogen-bond donors (Lipinski definition) is 1. The van der Waals surface area contributed by atoms with Crippen molar-refractivity contribution < 1.29 is 4.39 Å². The molecule has 4 heteroatoms. The monoisotopic (exact) mass is 307 g/mol. The summed E-state index contributed by atoms with van der Waals surface area (Å²) in [6.45, 7) is 4.74. The van der Waals surface area contributed by atoms with E-state index in [0.717, 1.165) is 5.33 Å². The highest BCUT2D eigenvalue weighted by molar-refractivity contribution is 9.09. The zero-order chi connectivity index (χ0) is 12.1. The molecule has 2 atom stereocenters. The van der Waals surface area contributed by atoms with E-state index in [1.54, 1.807) is 18.2 Å².